The summed E-state index contributed by atoms with van der Waals surface area (Å²) in [6.45, 7) is 0.202. The summed E-state index contributed by atoms with van der Waals surface area (Å²) >= 11 is 0. The van der Waals surface area contributed by atoms with Crippen LogP contribution >= 0.6 is 0 Å². The number of carbonyl (C=O) groups is 1. The van der Waals surface area contributed by atoms with Crippen molar-refractivity contribution in [1.82, 2.24) is 20.3 Å². The first-order valence-corrected chi connectivity index (χ1v) is 8.27. The topological polar surface area (TPSA) is 83.8 Å². The SMILES string of the molecule is O=C(NCc1nccnc1-c1ccco1)c1cc(-c2ccc(F)cc2)c[nH]1. The Kier molecular flexibility index (Phi) is 4.49. The van der Waals surface area contributed by atoms with Gasteiger partial charge in [-0.05, 0) is 41.5 Å². The summed E-state index contributed by atoms with van der Waals surface area (Å²) in [5.41, 5.74) is 3.21. The van der Waals surface area contributed by atoms with Crippen LogP contribution in [0.25, 0.3) is 22.6 Å². The van der Waals surface area contributed by atoms with Crippen molar-refractivity contribution in [2.75, 3.05) is 0 Å². The molecule has 2 N–H and O–H groups in total. The van der Waals surface area contributed by atoms with E-state index in [0.717, 1.165) is 11.1 Å². The van der Waals surface area contributed by atoms with E-state index in [-0.39, 0.29) is 18.3 Å². The van der Waals surface area contributed by atoms with Gasteiger partial charge in [-0.1, -0.05) is 12.1 Å². The predicted molar refractivity (Wildman–Crippen MR) is 97.1 cm³/mol. The number of hydrogen-bond donors (Lipinski definition) is 2. The van der Waals surface area contributed by atoms with Crippen LogP contribution in [0.15, 0.2) is 71.7 Å². The molecule has 3 aromatic heterocycles. The number of amides is 1. The van der Waals surface area contributed by atoms with E-state index in [1.807, 2.05) is 0 Å². The molecule has 0 aliphatic carbocycles. The third-order valence-electron chi connectivity index (χ3n) is 4.05. The van der Waals surface area contributed by atoms with Crippen molar-refractivity contribution in [2.24, 2.45) is 0 Å². The molecular weight excluding hydrogens is 347 g/mol. The highest BCUT2D eigenvalue weighted by atomic mass is 19.1. The molecule has 0 aliphatic heterocycles. The maximum absolute atomic E-state index is 13.0. The van der Waals surface area contributed by atoms with Crippen molar-refractivity contribution >= 4 is 5.91 Å². The standard InChI is InChI=1S/C20H15FN4O2/c21-15-5-3-13(4-6-15)14-10-16(24-11-14)20(26)25-12-17-19(23-8-7-22-17)18-2-1-9-27-18/h1-11,24H,12H2,(H,25,26). The normalized spacial score (nSPS) is 10.7. The molecule has 0 bridgehead atoms. The second kappa shape index (κ2) is 7.25. The smallest absolute Gasteiger partial charge is 0.268 e. The first kappa shape index (κ1) is 16.7. The monoisotopic (exact) mass is 362 g/mol. The Balaban J connectivity index is 1.47. The van der Waals surface area contributed by atoms with Crippen LogP contribution in [0.2, 0.25) is 0 Å². The van der Waals surface area contributed by atoms with Crippen molar-refractivity contribution in [2.45, 2.75) is 6.54 Å². The van der Waals surface area contributed by atoms with Crippen LogP contribution < -0.4 is 5.32 Å². The molecule has 4 aromatic rings. The van der Waals surface area contributed by atoms with Gasteiger partial charge in [-0.3, -0.25) is 9.78 Å². The van der Waals surface area contributed by atoms with Crippen molar-refractivity contribution in [1.29, 1.82) is 0 Å². The zero-order valence-electron chi connectivity index (χ0n) is 14.1. The minimum absolute atomic E-state index is 0.202. The Morgan fingerprint density at radius 2 is 1.93 bits per heavy atom. The molecule has 3 heterocycles. The molecule has 1 amide bonds. The van der Waals surface area contributed by atoms with E-state index in [2.05, 4.69) is 20.3 Å². The Hall–Kier alpha value is -3.74. The lowest BCUT2D eigenvalue weighted by atomic mass is 10.1. The molecule has 4 rings (SSSR count). The zero-order chi connectivity index (χ0) is 18.6. The molecule has 0 spiro atoms. The molecule has 0 saturated carbocycles. The molecule has 0 unspecified atom stereocenters. The maximum atomic E-state index is 13.0. The number of halogens is 1. The lowest BCUT2D eigenvalue weighted by molar-refractivity contribution is 0.0946. The number of aromatic nitrogens is 3. The average molecular weight is 362 g/mol. The Labute approximate surface area is 154 Å². The van der Waals surface area contributed by atoms with Gasteiger partial charge in [-0.25, -0.2) is 9.37 Å². The molecule has 0 fully saturated rings. The fourth-order valence-corrected chi connectivity index (χ4v) is 2.71. The zero-order valence-corrected chi connectivity index (χ0v) is 14.1. The van der Waals surface area contributed by atoms with Crippen LogP contribution in [0.4, 0.5) is 4.39 Å². The fourth-order valence-electron chi connectivity index (χ4n) is 2.71. The number of carbonyl (C=O) groups excluding carboxylic acids is 1. The molecule has 134 valence electrons. The summed E-state index contributed by atoms with van der Waals surface area (Å²) in [5, 5.41) is 2.82. The van der Waals surface area contributed by atoms with Gasteiger partial charge in [0.2, 0.25) is 0 Å². The number of nitrogens with zero attached hydrogens (tertiary/aromatic N) is 2. The number of rotatable bonds is 5. The average Bonchev–Trinajstić information content (AvgIpc) is 3.39. The van der Waals surface area contributed by atoms with E-state index >= 15 is 0 Å². The fraction of sp³-hybridized carbons (Fsp3) is 0.0500. The highest BCUT2D eigenvalue weighted by Crippen LogP contribution is 2.21. The molecule has 7 heteroatoms. The van der Waals surface area contributed by atoms with Crippen molar-refractivity contribution in [3.05, 3.63) is 84.5 Å². The number of benzene rings is 1. The van der Waals surface area contributed by atoms with Crippen LogP contribution in [-0.2, 0) is 6.54 Å². The number of aromatic amines is 1. The van der Waals surface area contributed by atoms with Gasteiger partial charge in [0.25, 0.3) is 5.91 Å². The summed E-state index contributed by atoms with van der Waals surface area (Å²) in [4.78, 5) is 23.9. The molecule has 0 saturated heterocycles. The van der Waals surface area contributed by atoms with Crippen molar-refractivity contribution < 1.29 is 13.6 Å². The van der Waals surface area contributed by atoms with Crippen LogP contribution in [-0.4, -0.2) is 20.9 Å². The highest BCUT2D eigenvalue weighted by molar-refractivity contribution is 5.94. The summed E-state index contributed by atoms with van der Waals surface area (Å²) < 4.78 is 18.4. The maximum Gasteiger partial charge on any atom is 0.268 e. The molecule has 1 aromatic carbocycles. The summed E-state index contributed by atoms with van der Waals surface area (Å²) in [6.07, 6.45) is 6.40. The highest BCUT2D eigenvalue weighted by Gasteiger charge is 2.14. The van der Waals surface area contributed by atoms with E-state index in [1.54, 1.807) is 55.2 Å². The van der Waals surface area contributed by atoms with Gasteiger partial charge < -0.3 is 14.7 Å². The lowest BCUT2D eigenvalue weighted by Crippen LogP contribution is -2.24. The number of furan rings is 1. The van der Waals surface area contributed by atoms with E-state index in [4.69, 9.17) is 4.42 Å². The third-order valence-corrected chi connectivity index (χ3v) is 4.05. The molecule has 6 nitrogen and oxygen atoms in total. The molecule has 27 heavy (non-hydrogen) atoms. The molecule has 0 atom stereocenters. The minimum atomic E-state index is -0.302. The van der Waals surface area contributed by atoms with Gasteiger partial charge in [-0.15, -0.1) is 0 Å². The third kappa shape index (κ3) is 3.62. The second-order valence-electron chi connectivity index (χ2n) is 5.82. The molecule has 0 aliphatic rings. The number of nitrogens with one attached hydrogen (secondary N) is 2. The van der Waals surface area contributed by atoms with Crippen LogP contribution in [0.3, 0.4) is 0 Å². The lowest BCUT2D eigenvalue weighted by Gasteiger charge is -2.06. The Morgan fingerprint density at radius 1 is 1.11 bits per heavy atom. The van der Waals surface area contributed by atoms with Crippen LogP contribution in [0.1, 0.15) is 16.2 Å². The Bertz CT molecular complexity index is 1060. The number of H-pyrrole nitrogens is 1. The van der Waals surface area contributed by atoms with E-state index in [1.165, 1.54) is 12.1 Å². The quantitative estimate of drug-likeness (QED) is 0.566. The minimum Gasteiger partial charge on any atom is -0.463 e. The van der Waals surface area contributed by atoms with Crippen LogP contribution in [0.5, 0.6) is 0 Å². The second-order valence-corrected chi connectivity index (χ2v) is 5.82. The van der Waals surface area contributed by atoms with Gasteiger partial charge >= 0.3 is 0 Å². The van der Waals surface area contributed by atoms with Gasteiger partial charge in [-0.2, -0.15) is 0 Å². The van der Waals surface area contributed by atoms with Crippen molar-refractivity contribution in [3.63, 3.8) is 0 Å². The molecular formula is C20H15FN4O2. The summed E-state index contributed by atoms with van der Waals surface area (Å²) in [5.74, 6) is 0.00816. The van der Waals surface area contributed by atoms with Gasteiger partial charge in [0.15, 0.2) is 5.76 Å². The predicted octanol–water partition coefficient (Wildman–Crippen LogP) is 3.80. The first-order chi connectivity index (χ1) is 13.2. The van der Waals surface area contributed by atoms with Gasteiger partial charge in [0, 0.05) is 18.6 Å². The van der Waals surface area contributed by atoms with E-state index in [0.29, 0.717) is 22.8 Å². The van der Waals surface area contributed by atoms with Gasteiger partial charge in [0.1, 0.15) is 17.2 Å². The van der Waals surface area contributed by atoms with E-state index in [9.17, 15) is 9.18 Å². The van der Waals surface area contributed by atoms with Crippen molar-refractivity contribution in [3.8, 4) is 22.6 Å². The summed E-state index contributed by atoms with van der Waals surface area (Å²) in [6, 6.07) is 11.4. The van der Waals surface area contributed by atoms with E-state index < -0.39 is 0 Å². The summed E-state index contributed by atoms with van der Waals surface area (Å²) in [7, 11) is 0. The number of hydrogen-bond acceptors (Lipinski definition) is 4. The first-order valence-electron chi connectivity index (χ1n) is 8.27. The van der Waals surface area contributed by atoms with Crippen LogP contribution in [0, 0.1) is 5.82 Å². The Morgan fingerprint density at radius 3 is 2.70 bits per heavy atom. The van der Waals surface area contributed by atoms with Gasteiger partial charge in [0.05, 0.1) is 18.5 Å². The molecule has 0 radical (unpaired) electrons. The largest absolute Gasteiger partial charge is 0.463 e.